The Morgan fingerprint density at radius 1 is 1.45 bits per heavy atom. The maximum atomic E-state index is 12.2. The van der Waals surface area contributed by atoms with Crippen molar-refractivity contribution in [2.45, 2.75) is 18.4 Å². The molecule has 0 saturated carbocycles. The first-order valence-corrected chi connectivity index (χ1v) is 8.12. The first-order chi connectivity index (χ1) is 9.42. The lowest BCUT2D eigenvalue weighted by molar-refractivity contribution is 0.269. The summed E-state index contributed by atoms with van der Waals surface area (Å²) < 4.78 is 29.0. The van der Waals surface area contributed by atoms with Crippen LogP contribution in [0.5, 0.6) is 0 Å². The van der Waals surface area contributed by atoms with Gasteiger partial charge in [-0.3, -0.25) is 9.40 Å². The highest BCUT2D eigenvalue weighted by Crippen LogP contribution is 2.25. The van der Waals surface area contributed by atoms with Gasteiger partial charge in [-0.2, -0.15) is 5.10 Å². The second kappa shape index (κ2) is 5.94. The first kappa shape index (κ1) is 15.0. The van der Waals surface area contributed by atoms with Gasteiger partial charge in [-0.05, 0) is 40.5 Å². The molecule has 0 aliphatic carbocycles. The molecule has 0 aliphatic heterocycles. The van der Waals surface area contributed by atoms with E-state index in [4.69, 9.17) is 5.11 Å². The van der Waals surface area contributed by atoms with Crippen LogP contribution in [0.25, 0.3) is 0 Å². The zero-order valence-corrected chi connectivity index (χ0v) is 13.1. The Balaban J connectivity index is 2.28. The molecule has 1 aromatic carbocycles. The van der Waals surface area contributed by atoms with Crippen LogP contribution in [0.3, 0.4) is 0 Å². The molecule has 0 aliphatic rings. The molecule has 0 spiro atoms. The van der Waals surface area contributed by atoms with Crippen molar-refractivity contribution in [3.8, 4) is 0 Å². The molecular formula is C12H14BrN3O3S. The van der Waals surface area contributed by atoms with Gasteiger partial charge in [-0.15, -0.1) is 0 Å². The van der Waals surface area contributed by atoms with Gasteiger partial charge in [0.15, 0.2) is 0 Å². The summed E-state index contributed by atoms with van der Waals surface area (Å²) in [5.41, 5.74) is 1.42. The summed E-state index contributed by atoms with van der Waals surface area (Å²) >= 11 is 3.30. The highest BCUT2D eigenvalue weighted by molar-refractivity contribution is 9.10. The molecule has 0 radical (unpaired) electrons. The lowest BCUT2D eigenvalue weighted by atomic mass is 10.2. The summed E-state index contributed by atoms with van der Waals surface area (Å²) in [6, 6.07) is 5.39. The van der Waals surface area contributed by atoms with E-state index >= 15 is 0 Å². The number of rotatable bonds is 5. The van der Waals surface area contributed by atoms with Gasteiger partial charge in [0.1, 0.15) is 4.90 Å². The Morgan fingerprint density at radius 2 is 2.20 bits per heavy atom. The minimum atomic E-state index is -3.70. The number of anilines is 1. The van der Waals surface area contributed by atoms with Gasteiger partial charge in [-0.1, -0.05) is 6.07 Å². The third-order valence-corrected chi connectivity index (χ3v) is 4.63. The normalized spacial score (nSPS) is 11.6. The number of hydrogen-bond donors (Lipinski definition) is 2. The van der Waals surface area contributed by atoms with Crippen molar-refractivity contribution >= 4 is 31.6 Å². The van der Waals surface area contributed by atoms with Crippen LogP contribution in [0.1, 0.15) is 5.56 Å². The predicted octanol–water partition coefficient (Wildman–Crippen LogP) is 1.75. The number of nitrogens with zero attached hydrogens (tertiary/aromatic N) is 2. The summed E-state index contributed by atoms with van der Waals surface area (Å²) in [6.07, 6.45) is 2.63. The number of aromatic nitrogens is 2. The smallest absolute Gasteiger partial charge is 0.265 e. The Labute approximate surface area is 125 Å². The largest absolute Gasteiger partial charge is 0.394 e. The van der Waals surface area contributed by atoms with Crippen molar-refractivity contribution in [2.75, 3.05) is 11.3 Å². The zero-order valence-electron chi connectivity index (χ0n) is 10.7. The van der Waals surface area contributed by atoms with E-state index < -0.39 is 10.0 Å². The number of aliphatic hydroxyl groups is 1. The molecule has 0 atom stereocenters. The Hall–Kier alpha value is -1.38. The van der Waals surface area contributed by atoms with E-state index in [1.165, 1.54) is 17.1 Å². The number of nitrogens with one attached hydrogen (secondary N) is 1. The molecule has 1 heterocycles. The van der Waals surface area contributed by atoms with Gasteiger partial charge in [0.25, 0.3) is 10.0 Å². The third-order valence-electron chi connectivity index (χ3n) is 2.62. The molecule has 20 heavy (non-hydrogen) atoms. The van der Waals surface area contributed by atoms with Crippen molar-refractivity contribution in [3.05, 3.63) is 40.6 Å². The molecule has 2 rings (SSSR count). The van der Waals surface area contributed by atoms with Crippen LogP contribution >= 0.6 is 15.9 Å². The van der Waals surface area contributed by atoms with Crippen LogP contribution in [0.2, 0.25) is 0 Å². The van der Waals surface area contributed by atoms with Crippen LogP contribution in [0.4, 0.5) is 5.69 Å². The number of halogens is 1. The topological polar surface area (TPSA) is 84.2 Å². The fourth-order valence-electron chi connectivity index (χ4n) is 1.63. The van der Waals surface area contributed by atoms with Crippen molar-refractivity contribution in [1.82, 2.24) is 9.78 Å². The molecular weight excluding hydrogens is 346 g/mol. The quantitative estimate of drug-likeness (QED) is 0.851. The van der Waals surface area contributed by atoms with Gasteiger partial charge >= 0.3 is 0 Å². The molecule has 0 amide bonds. The van der Waals surface area contributed by atoms with Crippen LogP contribution in [-0.2, 0) is 16.6 Å². The monoisotopic (exact) mass is 359 g/mol. The van der Waals surface area contributed by atoms with Gasteiger partial charge in [0.2, 0.25) is 0 Å². The Kier molecular flexibility index (Phi) is 4.46. The summed E-state index contributed by atoms with van der Waals surface area (Å²) in [5, 5.41) is 12.7. The second-order valence-corrected chi connectivity index (χ2v) is 6.79. The average molecular weight is 360 g/mol. The van der Waals surface area contributed by atoms with E-state index in [1.54, 1.807) is 12.1 Å². The van der Waals surface area contributed by atoms with Crippen LogP contribution < -0.4 is 4.72 Å². The molecule has 0 bridgehead atoms. The minimum Gasteiger partial charge on any atom is -0.394 e. The van der Waals surface area contributed by atoms with Crippen LogP contribution in [0, 0.1) is 6.92 Å². The molecule has 1 aromatic heterocycles. The van der Waals surface area contributed by atoms with Crippen LogP contribution in [0.15, 0.2) is 40.0 Å². The lowest BCUT2D eigenvalue weighted by Crippen LogP contribution is -2.13. The molecule has 2 aromatic rings. The number of hydrogen-bond acceptors (Lipinski definition) is 4. The maximum absolute atomic E-state index is 12.2. The highest BCUT2D eigenvalue weighted by atomic mass is 79.9. The maximum Gasteiger partial charge on any atom is 0.265 e. The van der Waals surface area contributed by atoms with E-state index in [-0.39, 0.29) is 18.0 Å². The molecule has 0 unspecified atom stereocenters. The predicted molar refractivity (Wildman–Crippen MR) is 79.0 cm³/mol. The summed E-state index contributed by atoms with van der Waals surface area (Å²) in [6.45, 7) is 2.03. The number of benzene rings is 1. The molecule has 8 heteroatoms. The van der Waals surface area contributed by atoms with E-state index in [0.29, 0.717) is 10.2 Å². The highest BCUT2D eigenvalue weighted by Gasteiger charge is 2.17. The SMILES string of the molecule is Cc1ccc(Br)c(NS(=O)(=O)c2cnn(CCO)c2)c1. The molecule has 0 saturated heterocycles. The van der Waals surface area contributed by atoms with Gasteiger partial charge in [-0.25, -0.2) is 8.42 Å². The van der Waals surface area contributed by atoms with Crippen molar-refractivity contribution in [2.24, 2.45) is 0 Å². The summed E-state index contributed by atoms with van der Waals surface area (Å²) in [7, 11) is -3.70. The first-order valence-electron chi connectivity index (χ1n) is 5.84. The zero-order chi connectivity index (χ0) is 14.8. The lowest BCUT2D eigenvalue weighted by Gasteiger charge is -2.09. The van der Waals surface area contributed by atoms with E-state index in [0.717, 1.165) is 5.56 Å². The second-order valence-electron chi connectivity index (χ2n) is 4.25. The van der Waals surface area contributed by atoms with Crippen molar-refractivity contribution < 1.29 is 13.5 Å². The van der Waals surface area contributed by atoms with E-state index in [9.17, 15) is 8.42 Å². The van der Waals surface area contributed by atoms with Crippen molar-refractivity contribution in [3.63, 3.8) is 0 Å². The minimum absolute atomic E-state index is 0.0550. The van der Waals surface area contributed by atoms with Crippen molar-refractivity contribution in [1.29, 1.82) is 0 Å². The van der Waals surface area contributed by atoms with Crippen LogP contribution in [-0.4, -0.2) is 29.9 Å². The van der Waals surface area contributed by atoms with E-state index in [1.807, 2.05) is 13.0 Å². The molecule has 6 nitrogen and oxygen atoms in total. The van der Waals surface area contributed by atoms with E-state index in [2.05, 4.69) is 25.8 Å². The van der Waals surface area contributed by atoms with Gasteiger partial charge < -0.3 is 5.11 Å². The Morgan fingerprint density at radius 3 is 2.90 bits per heavy atom. The molecule has 2 N–H and O–H groups in total. The number of sulfonamides is 1. The third kappa shape index (κ3) is 3.38. The number of aryl methyl sites for hydroxylation is 1. The summed E-state index contributed by atoms with van der Waals surface area (Å²) in [4.78, 5) is 0.0550. The molecule has 108 valence electrons. The standard InChI is InChI=1S/C12H14BrN3O3S/c1-9-2-3-11(13)12(6-9)15-20(18,19)10-7-14-16(8-10)4-5-17/h2-3,6-8,15,17H,4-5H2,1H3. The Bertz CT molecular complexity index is 712. The van der Waals surface area contributed by atoms with Gasteiger partial charge in [0.05, 0.1) is 25.0 Å². The fraction of sp³-hybridized carbons (Fsp3) is 0.250. The number of aliphatic hydroxyl groups excluding tert-OH is 1. The average Bonchev–Trinajstić information content (AvgIpc) is 2.83. The van der Waals surface area contributed by atoms with Gasteiger partial charge in [0, 0.05) is 10.7 Å². The summed E-state index contributed by atoms with van der Waals surface area (Å²) in [5.74, 6) is 0. The fourth-order valence-corrected chi connectivity index (χ4v) is 3.13. The molecule has 0 fully saturated rings.